The van der Waals surface area contributed by atoms with E-state index in [1.807, 2.05) is 19.1 Å². The Labute approximate surface area is 182 Å². The number of carbonyl (C=O) groups excluding carboxylic acids is 1. The number of carbonyl (C=O) groups is 1. The van der Waals surface area contributed by atoms with Crippen molar-refractivity contribution in [3.05, 3.63) is 94.4 Å². The minimum absolute atomic E-state index is 0.101. The normalized spacial score (nSPS) is 10.8. The van der Waals surface area contributed by atoms with Gasteiger partial charge in [-0.3, -0.25) is 10.1 Å². The minimum atomic E-state index is -0.486. The van der Waals surface area contributed by atoms with Crippen LogP contribution in [0.5, 0.6) is 5.75 Å². The van der Waals surface area contributed by atoms with Gasteiger partial charge in [-0.25, -0.2) is 14.1 Å². The van der Waals surface area contributed by atoms with Gasteiger partial charge in [0.15, 0.2) is 5.76 Å². The van der Waals surface area contributed by atoms with Crippen molar-refractivity contribution in [3.63, 3.8) is 0 Å². The first-order valence-corrected chi connectivity index (χ1v) is 9.77. The Bertz CT molecular complexity index is 1180. The number of hydrogen-bond donors (Lipinski definition) is 1. The van der Waals surface area contributed by atoms with Gasteiger partial charge in [0.2, 0.25) is 5.95 Å². The molecule has 0 aliphatic rings. The van der Waals surface area contributed by atoms with E-state index in [1.165, 1.54) is 23.1 Å². The van der Waals surface area contributed by atoms with Gasteiger partial charge < -0.3 is 9.15 Å². The Balaban J connectivity index is 1.35. The van der Waals surface area contributed by atoms with E-state index in [4.69, 9.17) is 20.8 Å². The average Bonchev–Trinajstić information content (AvgIpc) is 3.39. The summed E-state index contributed by atoms with van der Waals surface area (Å²) < 4.78 is 25.8. The van der Waals surface area contributed by atoms with E-state index in [2.05, 4.69) is 15.4 Å². The van der Waals surface area contributed by atoms with Crippen LogP contribution in [0, 0.1) is 12.7 Å². The van der Waals surface area contributed by atoms with Crippen LogP contribution in [0.3, 0.4) is 0 Å². The molecule has 4 rings (SSSR count). The second kappa shape index (κ2) is 9.01. The zero-order chi connectivity index (χ0) is 21.8. The molecule has 2 heterocycles. The Kier molecular flexibility index (Phi) is 5.99. The Hall–Kier alpha value is -3.65. The highest BCUT2D eigenvalue weighted by molar-refractivity contribution is 6.32. The first kappa shape index (κ1) is 20.6. The number of amides is 1. The number of halogens is 2. The molecule has 31 heavy (non-hydrogen) atoms. The van der Waals surface area contributed by atoms with E-state index in [0.29, 0.717) is 23.1 Å². The highest BCUT2D eigenvalue weighted by Gasteiger charge is 2.15. The highest BCUT2D eigenvalue weighted by Crippen LogP contribution is 2.28. The Morgan fingerprint density at radius 3 is 2.77 bits per heavy atom. The highest BCUT2D eigenvalue weighted by atomic mass is 35.5. The van der Waals surface area contributed by atoms with Gasteiger partial charge in [-0.15, -0.1) is 5.10 Å². The van der Waals surface area contributed by atoms with Crippen molar-refractivity contribution in [1.82, 2.24) is 14.8 Å². The Morgan fingerprint density at radius 1 is 1.19 bits per heavy atom. The molecule has 0 atom stereocenters. The zero-order valence-electron chi connectivity index (χ0n) is 16.5. The van der Waals surface area contributed by atoms with E-state index < -0.39 is 5.91 Å². The lowest BCUT2D eigenvalue weighted by molar-refractivity contribution is 0.0991. The van der Waals surface area contributed by atoms with Crippen molar-refractivity contribution in [2.45, 2.75) is 20.1 Å². The number of nitrogens with zero attached hydrogens (tertiary/aromatic N) is 3. The van der Waals surface area contributed by atoms with Gasteiger partial charge in [0.25, 0.3) is 5.91 Å². The van der Waals surface area contributed by atoms with Crippen LogP contribution in [0.1, 0.15) is 27.4 Å². The van der Waals surface area contributed by atoms with E-state index in [-0.39, 0.29) is 24.1 Å². The summed E-state index contributed by atoms with van der Waals surface area (Å²) in [6.07, 6.45) is 1.48. The molecule has 2 aromatic heterocycles. The maximum atomic E-state index is 13.0. The molecule has 0 saturated heterocycles. The molecule has 0 bridgehead atoms. The molecular formula is C22H18ClFN4O3. The van der Waals surface area contributed by atoms with Crippen LogP contribution in [0.2, 0.25) is 5.02 Å². The van der Waals surface area contributed by atoms with Crippen LogP contribution in [-0.4, -0.2) is 20.7 Å². The first-order chi connectivity index (χ1) is 15.0. The standard InChI is InChI=1S/C22H18ClFN4O3/c1-14-3-2-4-18(23)20(14)30-12-17-9-10-19(31-17)21(29)26-22-25-13-28(27-22)11-15-5-7-16(24)8-6-15/h2-10,13H,11-12H2,1H3,(H,26,27,29). The minimum Gasteiger partial charge on any atom is -0.484 e. The predicted molar refractivity (Wildman–Crippen MR) is 113 cm³/mol. The first-order valence-electron chi connectivity index (χ1n) is 9.40. The van der Waals surface area contributed by atoms with Crippen molar-refractivity contribution in [2.75, 3.05) is 5.32 Å². The van der Waals surface area contributed by atoms with E-state index >= 15 is 0 Å². The number of rotatable bonds is 7. The lowest BCUT2D eigenvalue weighted by Crippen LogP contribution is -2.12. The van der Waals surface area contributed by atoms with Crippen LogP contribution < -0.4 is 10.1 Å². The molecule has 2 aromatic carbocycles. The predicted octanol–water partition coefficient (Wildman–Crippen LogP) is 4.85. The lowest BCUT2D eigenvalue weighted by Gasteiger charge is -2.09. The third-order valence-electron chi connectivity index (χ3n) is 4.43. The summed E-state index contributed by atoms with van der Waals surface area (Å²) in [6, 6.07) is 14.7. The maximum absolute atomic E-state index is 13.0. The second-order valence-corrected chi connectivity index (χ2v) is 7.19. The van der Waals surface area contributed by atoms with Gasteiger partial charge in [-0.1, -0.05) is 35.9 Å². The fraction of sp³-hybridized carbons (Fsp3) is 0.136. The van der Waals surface area contributed by atoms with Crippen LogP contribution in [-0.2, 0) is 13.2 Å². The molecule has 4 aromatic rings. The number of nitrogens with one attached hydrogen (secondary N) is 1. The van der Waals surface area contributed by atoms with Gasteiger partial charge in [0.1, 0.15) is 30.3 Å². The second-order valence-electron chi connectivity index (χ2n) is 6.79. The number of ether oxygens (including phenoxy) is 1. The Morgan fingerprint density at radius 2 is 2.00 bits per heavy atom. The molecular weight excluding hydrogens is 423 g/mol. The van der Waals surface area contributed by atoms with Crippen LogP contribution >= 0.6 is 11.6 Å². The lowest BCUT2D eigenvalue weighted by atomic mass is 10.2. The quantitative estimate of drug-likeness (QED) is 0.444. The summed E-state index contributed by atoms with van der Waals surface area (Å²) in [5.41, 5.74) is 1.76. The molecule has 0 unspecified atom stereocenters. The summed E-state index contributed by atoms with van der Waals surface area (Å²) in [7, 11) is 0. The number of aromatic nitrogens is 3. The van der Waals surface area contributed by atoms with E-state index in [1.54, 1.807) is 30.3 Å². The van der Waals surface area contributed by atoms with Gasteiger partial charge >= 0.3 is 0 Å². The molecule has 0 saturated carbocycles. The van der Waals surface area contributed by atoms with Crippen LogP contribution in [0.15, 0.2) is 65.3 Å². The summed E-state index contributed by atoms with van der Waals surface area (Å²) >= 11 is 6.15. The largest absolute Gasteiger partial charge is 0.484 e. The van der Waals surface area contributed by atoms with Crippen molar-refractivity contribution in [1.29, 1.82) is 0 Å². The van der Waals surface area contributed by atoms with E-state index in [9.17, 15) is 9.18 Å². The fourth-order valence-corrected chi connectivity index (χ4v) is 3.16. The molecule has 0 aliphatic carbocycles. The number of benzene rings is 2. The molecule has 1 amide bonds. The summed E-state index contributed by atoms with van der Waals surface area (Å²) in [5, 5.41) is 7.28. The molecule has 0 fully saturated rings. The van der Waals surface area contributed by atoms with Crippen molar-refractivity contribution in [3.8, 4) is 5.75 Å². The summed E-state index contributed by atoms with van der Waals surface area (Å²) in [4.78, 5) is 16.5. The van der Waals surface area contributed by atoms with Gasteiger partial charge in [0.05, 0.1) is 11.6 Å². The molecule has 1 N–H and O–H groups in total. The van der Waals surface area contributed by atoms with Crippen LogP contribution in [0.25, 0.3) is 0 Å². The third kappa shape index (κ3) is 5.10. The van der Waals surface area contributed by atoms with Crippen molar-refractivity contribution < 1.29 is 18.3 Å². The summed E-state index contributed by atoms with van der Waals surface area (Å²) in [5.74, 6) is 0.485. The van der Waals surface area contributed by atoms with Gasteiger partial charge in [-0.05, 0) is 48.4 Å². The topological polar surface area (TPSA) is 82.2 Å². The van der Waals surface area contributed by atoms with Gasteiger partial charge in [-0.2, -0.15) is 0 Å². The molecule has 158 valence electrons. The number of para-hydroxylation sites is 1. The van der Waals surface area contributed by atoms with Crippen molar-refractivity contribution in [2.24, 2.45) is 0 Å². The van der Waals surface area contributed by atoms with Crippen LogP contribution in [0.4, 0.5) is 10.3 Å². The van der Waals surface area contributed by atoms with Crippen molar-refractivity contribution >= 4 is 23.5 Å². The SMILES string of the molecule is Cc1cccc(Cl)c1OCc1ccc(C(=O)Nc2ncn(Cc3ccc(F)cc3)n2)o1. The molecule has 9 heteroatoms. The monoisotopic (exact) mass is 440 g/mol. The third-order valence-corrected chi connectivity index (χ3v) is 4.73. The fourth-order valence-electron chi connectivity index (χ4n) is 2.89. The number of hydrogen-bond acceptors (Lipinski definition) is 5. The zero-order valence-corrected chi connectivity index (χ0v) is 17.3. The summed E-state index contributed by atoms with van der Waals surface area (Å²) in [6.45, 7) is 2.42. The molecule has 0 radical (unpaired) electrons. The van der Waals surface area contributed by atoms with Gasteiger partial charge in [0, 0.05) is 0 Å². The maximum Gasteiger partial charge on any atom is 0.293 e. The number of aryl methyl sites for hydroxylation is 1. The smallest absolute Gasteiger partial charge is 0.293 e. The molecule has 0 aliphatic heterocycles. The average molecular weight is 441 g/mol. The number of furan rings is 1. The molecule has 7 nitrogen and oxygen atoms in total. The molecule has 0 spiro atoms. The van der Waals surface area contributed by atoms with E-state index in [0.717, 1.165) is 11.1 Å². The number of anilines is 1.